The molecule has 6 heteroatoms. The van der Waals surface area contributed by atoms with Gasteiger partial charge in [0.1, 0.15) is 5.82 Å². The lowest BCUT2D eigenvalue weighted by Crippen LogP contribution is -2.31. The predicted octanol–water partition coefficient (Wildman–Crippen LogP) is 0.528. The van der Waals surface area contributed by atoms with Gasteiger partial charge in [-0.25, -0.2) is 4.98 Å². The van der Waals surface area contributed by atoms with Crippen molar-refractivity contribution in [3.8, 4) is 0 Å². The molecule has 0 fully saturated rings. The minimum atomic E-state index is -0.383. The van der Waals surface area contributed by atoms with E-state index < -0.39 is 0 Å². The second-order valence-corrected chi connectivity index (χ2v) is 3.94. The number of nitrogens with two attached hydrogens (primary N) is 1. The van der Waals surface area contributed by atoms with E-state index in [0.717, 1.165) is 18.7 Å². The molecule has 0 unspecified atom stereocenters. The highest BCUT2D eigenvalue weighted by Crippen LogP contribution is 2.13. The summed E-state index contributed by atoms with van der Waals surface area (Å²) >= 11 is 0. The fraction of sp³-hybridized carbons (Fsp3) is 0.545. The molecular formula is C11H19N5O. The minimum Gasteiger partial charge on any atom is -0.368 e. The Morgan fingerprint density at radius 1 is 1.53 bits per heavy atom. The van der Waals surface area contributed by atoms with Crippen LogP contribution in [0.4, 0.5) is 11.8 Å². The summed E-state index contributed by atoms with van der Waals surface area (Å²) < 4.78 is 0. The number of hydrogen-bond donors (Lipinski definition) is 2. The van der Waals surface area contributed by atoms with E-state index in [2.05, 4.69) is 22.2 Å². The molecule has 1 aromatic heterocycles. The van der Waals surface area contributed by atoms with Crippen LogP contribution in [0.3, 0.4) is 0 Å². The molecule has 0 aliphatic heterocycles. The molecule has 0 saturated heterocycles. The molecule has 1 aromatic rings. The van der Waals surface area contributed by atoms with Gasteiger partial charge >= 0.3 is 0 Å². The Morgan fingerprint density at radius 2 is 2.24 bits per heavy atom. The molecule has 0 aromatic carbocycles. The number of aryl methyl sites for hydroxylation is 1. The number of nitrogens with zero attached hydrogens (tertiary/aromatic N) is 3. The lowest BCUT2D eigenvalue weighted by atomic mass is 10.4. The number of aromatic nitrogens is 2. The second kappa shape index (κ2) is 6.03. The highest BCUT2D eigenvalue weighted by atomic mass is 16.1. The van der Waals surface area contributed by atoms with Gasteiger partial charge in [-0.15, -0.1) is 0 Å². The number of primary amides is 1. The van der Waals surface area contributed by atoms with E-state index in [1.54, 1.807) is 11.9 Å². The van der Waals surface area contributed by atoms with Crippen molar-refractivity contribution < 1.29 is 4.79 Å². The zero-order valence-corrected chi connectivity index (χ0v) is 10.5. The molecule has 1 rings (SSSR count). The van der Waals surface area contributed by atoms with Gasteiger partial charge in [0, 0.05) is 25.4 Å². The summed E-state index contributed by atoms with van der Waals surface area (Å²) in [6.07, 6.45) is 1.00. The van der Waals surface area contributed by atoms with Crippen molar-refractivity contribution in [2.75, 3.05) is 30.4 Å². The summed E-state index contributed by atoms with van der Waals surface area (Å²) in [5.41, 5.74) is 6.00. The van der Waals surface area contributed by atoms with Crippen molar-refractivity contribution in [2.24, 2.45) is 5.73 Å². The molecule has 1 heterocycles. The molecule has 94 valence electrons. The fourth-order valence-corrected chi connectivity index (χ4v) is 1.38. The molecule has 0 atom stereocenters. The van der Waals surface area contributed by atoms with E-state index in [-0.39, 0.29) is 12.5 Å². The second-order valence-electron chi connectivity index (χ2n) is 3.94. The number of likely N-dealkylation sites (N-methyl/N-ethyl adjacent to an activating group) is 1. The zero-order valence-electron chi connectivity index (χ0n) is 10.5. The van der Waals surface area contributed by atoms with Gasteiger partial charge in [-0.1, -0.05) is 6.92 Å². The summed E-state index contributed by atoms with van der Waals surface area (Å²) in [5, 5.41) is 3.12. The van der Waals surface area contributed by atoms with Gasteiger partial charge in [-0.05, 0) is 13.3 Å². The van der Waals surface area contributed by atoms with Crippen molar-refractivity contribution in [3.05, 3.63) is 11.8 Å². The summed E-state index contributed by atoms with van der Waals surface area (Å²) in [5.74, 6) is 0.889. The molecule has 0 radical (unpaired) electrons. The molecule has 1 amide bonds. The normalized spacial score (nSPS) is 10.1. The number of carbonyl (C=O) groups is 1. The third-order valence-electron chi connectivity index (χ3n) is 2.16. The molecule has 0 saturated carbocycles. The third kappa shape index (κ3) is 4.26. The molecular weight excluding hydrogens is 218 g/mol. The van der Waals surface area contributed by atoms with Crippen LogP contribution in [0, 0.1) is 6.92 Å². The average molecular weight is 237 g/mol. The maximum atomic E-state index is 10.8. The first kappa shape index (κ1) is 13.2. The monoisotopic (exact) mass is 237 g/mol. The van der Waals surface area contributed by atoms with Crippen molar-refractivity contribution in [2.45, 2.75) is 20.3 Å². The van der Waals surface area contributed by atoms with Crippen molar-refractivity contribution in [3.63, 3.8) is 0 Å². The summed E-state index contributed by atoms with van der Waals surface area (Å²) in [6.45, 7) is 4.93. The van der Waals surface area contributed by atoms with Gasteiger partial charge < -0.3 is 16.0 Å². The number of hydrogen-bond acceptors (Lipinski definition) is 5. The first-order valence-corrected chi connectivity index (χ1v) is 5.62. The molecule has 0 aliphatic rings. The van der Waals surface area contributed by atoms with Gasteiger partial charge in [0.05, 0.1) is 6.54 Å². The number of rotatable bonds is 6. The first-order valence-electron chi connectivity index (χ1n) is 5.62. The molecule has 0 spiro atoms. The molecule has 17 heavy (non-hydrogen) atoms. The van der Waals surface area contributed by atoms with Crippen molar-refractivity contribution >= 4 is 17.7 Å². The minimum absolute atomic E-state index is 0.143. The topological polar surface area (TPSA) is 84.1 Å². The van der Waals surface area contributed by atoms with Gasteiger partial charge in [-0.3, -0.25) is 4.79 Å². The number of nitrogens with one attached hydrogen (secondary N) is 1. The first-order chi connectivity index (χ1) is 8.02. The summed E-state index contributed by atoms with van der Waals surface area (Å²) in [4.78, 5) is 21.1. The smallest absolute Gasteiger partial charge is 0.236 e. The Kier molecular flexibility index (Phi) is 4.68. The number of amides is 1. The van der Waals surface area contributed by atoms with Crippen LogP contribution in [-0.2, 0) is 4.79 Å². The van der Waals surface area contributed by atoms with Crippen molar-refractivity contribution in [1.82, 2.24) is 9.97 Å². The molecule has 3 N–H and O–H groups in total. The van der Waals surface area contributed by atoms with Crippen LogP contribution in [0.15, 0.2) is 6.07 Å². The van der Waals surface area contributed by atoms with E-state index in [9.17, 15) is 4.79 Å². The average Bonchev–Trinajstić information content (AvgIpc) is 2.24. The van der Waals surface area contributed by atoms with Crippen LogP contribution in [0.1, 0.15) is 19.0 Å². The van der Waals surface area contributed by atoms with Gasteiger partial charge in [0.15, 0.2) is 0 Å². The van der Waals surface area contributed by atoms with Crippen LogP contribution < -0.4 is 16.0 Å². The molecule has 0 aliphatic carbocycles. The number of anilines is 2. The SMILES string of the molecule is CCCNc1nc(C)cc(N(C)CC(N)=O)n1. The van der Waals surface area contributed by atoms with E-state index >= 15 is 0 Å². The highest BCUT2D eigenvalue weighted by Gasteiger charge is 2.08. The van der Waals surface area contributed by atoms with Crippen LogP contribution in [0.2, 0.25) is 0 Å². The van der Waals surface area contributed by atoms with Gasteiger partial charge in [0.2, 0.25) is 11.9 Å². The lowest BCUT2D eigenvalue weighted by Gasteiger charge is -2.17. The Balaban J connectivity index is 2.84. The maximum Gasteiger partial charge on any atom is 0.236 e. The largest absolute Gasteiger partial charge is 0.368 e. The Labute approximate surface area is 101 Å². The Morgan fingerprint density at radius 3 is 2.82 bits per heavy atom. The van der Waals surface area contributed by atoms with Crippen LogP contribution >= 0.6 is 0 Å². The lowest BCUT2D eigenvalue weighted by molar-refractivity contribution is -0.116. The van der Waals surface area contributed by atoms with E-state index in [4.69, 9.17) is 5.73 Å². The predicted molar refractivity (Wildman–Crippen MR) is 68.0 cm³/mol. The van der Waals surface area contributed by atoms with E-state index in [1.807, 2.05) is 13.0 Å². The fourth-order valence-electron chi connectivity index (χ4n) is 1.38. The van der Waals surface area contributed by atoms with Crippen molar-refractivity contribution in [1.29, 1.82) is 0 Å². The summed E-state index contributed by atoms with van der Waals surface area (Å²) in [6, 6.07) is 1.82. The molecule has 6 nitrogen and oxygen atoms in total. The van der Waals surface area contributed by atoms with E-state index in [1.165, 1.54) is 0 Å². The van der Waals surface area contributed by atoms with Gasteiger partial charge in [-0.2, -0.15) is 4.98 Å². The molecule has 0 bridgehead atoms. The van der Waals surface area contributed by atoms with Crippen LogP contribution in [0.5, 0.6) is 0 Å². The zero-order chi connectivity index (χ0) is 12.8. The highest BCUT2D eigenvalue weighted by molar-refractivity contribution is 5.79. The Bertz CT molecular complexity index is 393. The summed E-state index contributed by atoms with van der Waals surface area (Å²) in [7, 11) is 1.77. The standard InChI is InChI=1S/C11H19N5O/c1-4-5-13-11-14-8(2)6-10(15-11)16(3)7-9(12)17/h6H,4-5,7H2,1-3H3,(H2,12,17)(H,13,14,15). The quantitative estimate of drug-likeness (QED) is 0.754. The third-order valence-corrected chi connectivity index (χ3v) is 2.16. The van der Waals surface area contributed by atoms with Crippen LogP contribution in [-0.4, -0.2) is 36.0 Å². The maximum absolute atomic E-state index is 10.8. The van der Waals surface area contributed by atoms with Crippen LogP contribution in [0.25, 0.3) is 0 Å². The van der Waals surface area contributed by atoms with Gasteiger partial charge in [0.25, 0.3) is 0 Å². The number of carbonyl (C=O) groups excluding carboxylic acids is 1. The van der Waals surface area contributed by atoms with E-state index in [0.29, 0.717) is 11.8 Å². The Hall–Kier alpha value is -1.85.